The van der Waals surface area contributed by atoms with E-state index in [1.807, 2.05) is 26.2 Å². The van der Waals surface area contributed by atoms with Gasteiger partial charge in [-0.25, -0.2) is 0 Å². The number of tetrazole rings is 1. The third-order valence-corrected chi connectivity index (χ3v) is 4.16. The highest BCUT2D eigenvalue weighted by atomic mass is 15.6. The van der Waals surface area contributed by atoms with Gasteiger partial charge in [0, 0.05) is 31.9 Å². The predicted molar refractivity (Wildman–Crippen MR) is 87.9 cm³/mol. The lowest BCUT2D eigenvalue weighted by Crippen LogP contribution is -2.33. The molecule has 1 aliphatic heterocycles. The highest BCUT2D eigenvalue weighted by Crippen LogP contribution is 2.18. The molecule has 0 N–H and O–H groups in total. The molecule has 0 unspecified atom stereocenters. The van der Waals surface area contributed by atoms with Crippen molar-refractivity contribution in [3.8, 4) is 11.4 Å². The van der Waals surface area contributed by atoms with Crippen molar-refractivity contribution < 1.29 is 0 Å². The Kier molecular flexibility index (Phi) is 4.68. The molecule has 6 heteroatoms. The Bertz CT molecular complexity index is 583. The van der Waals surface area contributed by atoms with Crippen LogP contribution < -0.4 is 4.90 Å². The first kappa shape index (κ1) is 15.0. The number of piperidine rings is 1. The fraction of sp³-hybridized carbons (Fsp3) is 0.562. The lowest BCUT2D eigenvalue weighted by molar-refractivity contribution is 0.213. The van der Waals surface area contributed by atoms with E-state index in [0.29, 0.717) is 5.82 Å². The third-order valence-electron chi connectivity index (χ3n) is 4.16. The minimum absolute atomic E-state index is 0.698. The van der Waals surface area contributed by atoms with Crippen molar-refractivity contribution in [3.63, 3.8) is 0 Å². The summed E-state index contributed by atoms with van der Waals surface area (Å²) in [4.78, 5) is 6.27. The van der Waals surface area contributed by atoms with E-state index in [4.69, 9.17) is 0 Å². The quantitative estimate of drug-likeness (QED) is 0.844. The van der Waals surface area contributed by atoms with Gasteiger partial charge >= 0.3 is 0 Å². The van der Waals surface area contributed by atoms with E-state index in [2.05, 4.69) is 37.3 Å². The molecule has 0 bridgehead atoms. The van der Waals surface area contributed by atoms with Gasteiger partial charge in [0.05, 0.1) is 6.54 Å². The molecule has 1 aromatic heterocycles. The SMILES string of the molecule is CN(C)c1ccc(-c2nnn(CCN3CCCCC3)n2)cc1. The van der Waals surface area contributed by atoms with E-state index >= 15 is 0 Å². The van der Waals surface area contributed by atoms with E-state index < -0.39 is 0 Å². The minimum atomic E-state index is 0.698. The average molecular weight is 300 g/mol. The number of anilines is 1. The normalized spacial score (nSPS) is 15.9. The van der Waals surface area contributed by atoms with Crippen LogP contribution in [-0.4, -0.2) is 58.8 Å². The standard InChI is InChI=1S/C16H24N6/c1-20(2)15-8-6-14(7-9-15)16-17-19-22(18-16)13-12-21-10-4-3-5-11-21/h6-9H,3-5,10-13H2,1-2H3. The highest BCUT2D eigenvalue weighted by Gasteiger charge is 2.11. The Morgan fingerprint density at radius 1 is 1.00 bits per heavy atom. The molecule has 0 spiro atoms. The molecule has 1 aliphatic rings. The Morgan fingerprint density at radius 3 is 2.41 bits per heavy atom. The monoisotopic (exact) mass is 300 g/mol. The number of aromatic nitrogens is 4. The molecular weight excluding hydrogens is 276 g/mol. The number of hydrogen-bond donors (Lipinski definition) is 0. The molecule has 1 aromatic carbocycles. The first-order valence-corrected chi connectivity index (χ1v) is 8.00. The molecular formula is C16H24N6. The molecule has 0 saturated carbocycles. The number of likely N-dealkylation sites (tertiary alicyclic amines) is 1. The summed E-state index contributed by atoms with van der Waals surface area (Å²) in [5.41, 5.74) is 2.18. The van der Waals surface area contributed by atoms with Crippen molar-refractivity contribution in [2.45, 2.75) is 25.8 Å². The molecule has 0 radical (unpaired) electrons. The fourth-order valence-corrected chi connectivity index (χ4v) is 2.78. The first-order chi connectivity index (χ1) is 10.7. The van der Waals surface area contributed by atoms with Crippen LogP contribution in [0.25, 0.3) is 11.4 Å². The van der Waals surface area contributed by atoms with E-state index in [1.54, 1.807) is 4.80 Å². The molecule has 2 aromatic rings. The van der Waals surface area contributed by atoms with Crippen LogP contribution in [-0.2, 0) is 6.54 Å². The van der Waals surface area contributed by atoms with Gasteiger partial charge in [-0.15, -0.1) is 10.2 Å². The molecule has 22 heavy (non-hydrogen) atoms. The van der Waals surface area contributed by atoms with Crippen molar-refractivity contribution in [3.05, 3.63) is 24.3 Å². The zero-order valence-electron chi connectivity index (χ0n) is 13.4. The average Bonchev–Trinajstić information content (AvgIpc) is 3.03. The lowest BCUT2D eigenvalue weighted by atomic mass is 10.1. The van der Waals surface area contributed by atoms with Gasteiger partial charge in [-0.05, 0) is 55.4 Å². The van der Waals surface area contributed by atoms with Gasteiger partial charge in [0.15, 0.2) is 0 Å². The van der Waals surface area contributed by atoms with Crippen molar-refractivity contribution in [1.29, 1.82) is 0 Å². The topological polar surface area (TPSA) is 50.1 Å². The predicted octanol–water partition coefficient (Wildman–Crippen LogP) is 1.89. The summed E-state index contributed by atoms with van der Waals surface area (Å²) in [6, 6.07) is 8.23. The van der Waals surface area contributed by atoms with Gasteiger partial charge in [0.1, 0.15) is 0 Å². The summed E-state index contributed by atoms with van der Waals surface area (Å²) in [5.74, 6) is 0.698. The lowest BCUT2D eigenvalue weighted by Gasteiger charge is -2.25. The maximum Gasteiger partial charge on any atom is 0.204 e. The number of rotatable bonds is 5. The minimum Gasteiger partial charge on any atom is -0.378 e. The summed E-state index contributed by atoms with van der Waals surface area (Å²) in [6.45, 7) is 4.22. The van der Waals surface area contributed by atoms with Gasteiger partial charge in [-0.1, -0.05) is 6.42 Å². The zero-order valence-corrected chi connectivity index (χ0v) is 13.4. The summed E-state index contributed by atoms with van der Waals surface area (Å²) < 4.78 is 0. The van der Waals surface area contributed by atoms with Crippen LogP contribution in [0.1, 0.15) is 19.3 Å². The van der Waals surface area contributed by atoms with E-state index in [9.17, 15) is 0 Å². The zero-order chi connectivity index (χ0) is 15.4. The molecule has 0 aliphatic carbocycles. The van der Waals surface area contributed by atoms with Crippen LogP contribution in [0.15, 0.2) is 24.3 Å². The Morgan fingerprint density at radius 2 is 1.73 bits per heavy atom. The van der Waals surface area contributed by atoms with Gasteiger partial charge in [0.25, 0.3) is 0 Å². The number of benzene rings is 1. The summed E-state index contributed by atoms with van der Waals surface area (Å²) in [5, 5.41) is 12.8. The maximum absolute atomic E-state index is 4.49. The van der Waals surface area contributed by atoms with E-state index in [0.717, 1.165) is 18.7 Å². The van der Waals surface area contributed by atoms with Crippen molar-refractivity contribution in [2.24, 2.45) is 0 Å². The molecule has 118 valence electrons. The van der Waals surface area contributed by atoms with Crippen molar-refractivity contribution in [2.75, 3.05) is 38.6 Å². The van der Waals surface area contributed by atoms with E-state index in [1.165, 1.54) is 38.0 Å². The third kappa shape index (κ3) is 3.62. The second kappa shape index (κ2) is 6.87. The largest absolute Gasteiger partial charge is 0.378 e. The molecule has 3 rings (SSSR count). The molecule has 0 atom stereocenters. The fourth-order valence-electron chi connectivity index (χ4n) is 2.78. The molecule has 1 saturated heterocycles. The second-order valence-corrected chi connectivity index (χ2v) is 6.05. The van der Waals surface area contributed by atoms with Crippen molar-refractivity contribution >= 4 is 5.69 Å². The van der Waals surface area contributed by atoms with Crippen LogP contribution in [0.2, 0.25) is 0 Å². The second-order valence-electron chi connectivity index (χ2n) is 6.05. The van der Waals surface area contributed by atoms with Crippen LogP contribution in [0.3, 0.4) is 0 Å². The smallest absolute Gasteiger partial charge is 0.204 e. The molecule has 2 heterocycles. The highest BCUT2D eigenvalue weighted by molar-refractivity contribution is 5.59. The summed E-state index contributed by atoms with van der Waals surface area (Å²) in [7, 11) is 4.06. The number of hydrogen-bond acceptors (Lipinski definition) is 5. The van der Waals surface area contributed by atoms with Gasteiger partial charge in [-0.2, -0.15) is 4.80 Å². The van der Waals surface area contributed by atoms with Crippen LogP contribution in [0.5, 0.6) is 0 Å². The Balaban J connectivity index is 1.60. The van der Waals surface area contributed by atoms with Crippen molar-refractivity contribution in [1.82, 2.24) is 25.1 Å². The van der Waals surface area contributed by atoms with Gasteiger partial charge in [0.2, 0.25) is 5.82 Å². The van der Waals surface area contributed by atoms with Gasteiger partial charge in [-0.3, -0.25) is 0 Å². The Labute approximate surface area is 131 Å². The summed E-state index contributed by atoms with van der Waals surface area (Å²) in [6.07, 6.45) is 3.99. The van der Waals surface area contributed by atoms with E-state index in [-0.39, 0.29) is 0 Å². The first-order valence-electron chi connectivity index (χ1n) is 8.00. The molecule has 1 fully saturated rings. The summed E-state index contributed by atoms with van der Waals surface area (Å²) >= 11 is 0. The maximum atomic E-state index is 4.49. The molecule has 0 amide bonds. The van der Waals surface area contributed by atoms with Crippen LogP contribution in [0, 0.1) is 0 Å². The molecule has 6 nitrogen and oxygen atoms in total. The number of nitrogens with zero attached hydrogens (tertiary/aromatic N) is 6. The van der Waals surface area contributed by atoms with Crippen LogP contribution in [0.4, 0.5) is 5.69 Å². The van der Waals surface area contributed by atoms with Crippen LogP contribution >= 0.6 is 0 Å². The Hall–Kier alpha value is -1.95. The van der Waals surface area contributed by atoms with Gasteiger partial charge < -0.3 is 9.80 Å².